The number of hydrogen-bond donors (Lipinski definition) is 0. The molecule has 4 rings (SSSR count). The molecule has 1 heterocycles. The number of fused-ring (bicyclic) bond motifs is 3. The molecule has 0 saturated carbocycles. The fourth-order valence-electron chi connectivity index (χ4n) is 2.67. The molecule has 0 saturated heterocycles. The Morgan fingerprint density at radius 1 is 0.875 bits per heavy atom. The van der Waals surface area contributed by atoms with Crippen molar-refractivity contribution < 1.29 is 4.42 Å². The first-order valence-corrected chi connectivity index (χ1v) is 7.84. The molecule has 1 aromatic heterocycles. The third-order valence-corrected chi connectivity index (χ3v) is 4.21. The molecule has 0 aliphatic rings. The highest BCUT2D eigenvalue weighted by Gasteiger charge is 2.07. The highest BCUT2D eigenvalue weighted by Crippen LogP contribution is 2.26. The van der Waals surface area contributed by atoms with E-state index in [1.165, 1.54) is 0 Å². The largest absolute Gasteiger partial charge is 0.422 e. The van der Waals surface area contributed by atoms with E-state index in [4.69, 9.17) is 16.0 Å². The molecule has 0 N–H and O–H groups in total. The third-order valence-electron chi connectivity index (χ3n) is 3.86. The van der Waals surface area contributed by atoms with Gasteiger partial charge in [0.15, 0.2) is 0 Å². The van der Waals surface area contributed by atoms with Gasteiger partial charge in [0.1, 0.15) is 5.58 Å². The molecular formula is C20H12ClNO2. The van der Waals surface area contributed by atoms with E-state index in [2.05, 4.69) is 4.99 Å². The van der Waals surface area contributed by atoms with Crippen molar-refractivity contribution in [1.82, 2.24) is 0 Å². The molecule has 0 fully saturated rings. The molecule has 116 valence electrons. The van der Waals surface area contributed by atoms with Gasteiger partial charge in [-0.3, -0.25) is 4.99 Å². The summed E-state index contributed by atoms with van der Waals surface area (Å²) in [5.74, 6) is 0. The van der Waals surface area contributed by atoms with Gasteiger partial charge >= 0.3 is 5.63 Å². The van der Waals surface area contributed by atoms with E-state index in [0.29, 0.717) is 21.7 Å². The van der Waals surface area contributed by atoms with E-state index in [9.17, 15) is 4.79 Å². The van der Waals surface area contributed by atoms with E-state index < -0.39 is 0 Å². The molecule has 0 aliphatic carbocycles. The first-order valence-electron chi connectivity index (χ1n) is 7.46. The van der Waals surface area contributed by atoms with Gasteiger partial charge in [-0.1, -0.05) is 48.0 Å². The summed E-state index contributed by atoms with van der Waals surface area (Å²) in [6, 6.07) is 20.5. The summed E-state index contributed by atoms with van der Waals surface area (Å²) in [5, 5.41) is 2.99. The van der Waals surface area contributed by atoms with Crippen LogP contribution in [0.25, 0.3) is 21.7 Å². The minimum Gasteiger partial charge on any atom is -0.422 e. The van der Waals surface area contributed by atoms with Crippen LogP contribution in [0.1, 0.15) is 5.56 Å². The average molecular weight is 334 g/mol. The van der Waals surface area contributed by atoms with E-state index >= 15 is 0 Å². The van der Waals surface area contributed by atoms with Crippen LogP contribution in [-0.4, -0.2) is 6.21 Å². The summed E-state index contributed by atoms with van der Waals surface area (Å²) in [6.45, 7) is 0. The molecule has 0 aliphatic heterocycles. The van der Waals surface area contributed by atoms with Crippen molar-refractivity contribution in [1.29, 1.82) is 0 Å². The molecule has 4 aromatic rings. The zero-order chi connectivity index (χ0) is 16.5. The molecule has 0 spiro atoms. The van der Waals surface area contributed by atoms with E-state index in [1.807, 2.05) is 54.6 Å². The molecule has 0 unspecified atom stereocenters. The second-order valence-electron chi connectivity index (χ2n) is 5.40. The van der Waals surface area contributed by atoms with Crippen molar-refractivity contribution >= 4 is 45.2 Å². The van der Waals surface area contributed by atoms with Crippen molar-refractivity contribution in [2.75, 3.05) is 0 Å². The second-order valence-corrected chi connectivity index (χ2v) is 5.80. The molecule has 0 radical (unpaired) electrons. The maximum absolute atomic E-state index is 12.1. The topological polar surface area (TPSA) is 42.6 Å². The van der Waals surface area contributed by atoms with Gasteiger partial charge in [0.25, 0.3) is 0 Å². The van der Waals surface area contributed by atoms with Crippen molar-refractivity contribution in [2.24, 2.45) is 4.99 Å². The van der Waals surface area contributed by atoms with E-state index in [-0.39, 0.29) is 5.63 Å². The molecule has 3 aromatic carbocycles. The van der Waals surface area contributed by atoms with Crippen LogP contribution in [0.5, 0.6) is 0 Å². The lowest BCUT2D eigenvalue weighted by atomic mass is 10.1. The number of nitrogens with zero attached hydrogens (tertiary/aromatic N) is 1. The van der Waals surface area contributed by atoms with E-state index in [1.54, 1.807) is 18.3 Å². The minimum atomic E-state index is -0.342. The van der Waals surface area contributed by atoms with Crippen LogP contribution in [0.3, 0.4) is 0 Å². The monoisotopic (exact) mass is 333 g/mol. The summed E-state index contributed by atoms with van der Waals surface area (Å²) >= 11 is 6.12. The predicted molar refractivity (Wildman–Crippen MR) is 98.7 cm³/mol. The van der Waals surface area contributed by atoms with Crippen LogP contribution in [0.2, 0.25) is 5.02 Å². The Morgan fingerprint density at radius 2 is 1.62 bits per heavy atom. The number of benzene rings is 3. The van der Waals surface area contributed by atoms with Gasteiger partial charge in [-0.05, 0) is 29.7 Å². The number of rotatable bonds is 2. The Hall–Kier alpha value is -2.91. The summed E-state index contributed by atoms with van der Waals surface area (Å²) < 4.78 is 5.44. The van der Waals surface area contributed by atoms with Gasteiger partial charge in [0.05, 0.1) is 11.1 Å². The van der Waals surface area contributed by atoms with Crippen molar-refractivity contribution in [3.63, 3.8) is 0 Å². The van der Waals surface area contributed by atoms with Crippen LogP contribution < -0.4 is 5.63 Å². The molecule has 0 bridgehead atoms. The van der Waals surface area contributed by atoms with Crippen LogP contribution in [0.4, 0.5) is 5.69 Å². The highest BCUT2D eigenvalue weighted by molar-refractivity contribution is 6.33. The Balaban J connectivity index is 1.83. The zero-order valence-electron chi connectivity index (χ0n) is 12.6. The van der Waals surface area contributed by atoms with Gasteiger partial charge in [-0.15, -0.1) is 0 Å². The van der Waals surface area contributed by atoms with Gasteiger partial charge in [0, 0.05) is 28.3 Å². The fourth-order valence-corrected chi connectivity index (χ4v) is 2.86. The summed E-state index contributed by atoms with van der Waals surface area (Å²) in [6.07, 6.45) is 1.70. The lowest BCUT2D eigenvalue weighted by Crippen LogP contribution is -1.99. The molecule has 3 nitrogen and oxygen atoms in total. The maximum atomic E-state index is 12.1. The standard InChI is InChI=1S/C20H12ClNO2/c21-18-8-4-1-5-13(18)12-22-14-9-10-16-15-6-2-3-7-17(15)20(23)24-19(16)11-14/h1-12H/b22-12+. The average Bonchev–Trinajstić information content (AvgIpc) is 2.61. The zero-order valence-corrected chi connectivity index (χ0v) is 13.3. The maximum Gasteiger partial charge on any atom is 0.344 e. The van der Waals surface area contributed by atoms with Gasteiger partial charge < -0.3 is 4.42 Å². The molecule has 0 atom stereocenters. The summed E-state index contributed by atoms with van der Waals surface area (Å²) in [4.78, 5) is 16.5. The Morgan fingerprint density at radius 3 is 2.46 bits per heavy atom. The molecule has 0 amide bonds. The van der Waals surface area contributed by atoms with Crippen LogP contribution in [-0.2, 0) is 0 Å². The molecular weight excluding hydrogens is 322 g/mol. The fraction of sp³-hybridized carbons (Fsp3) is 0. The SMILES string of the molecule is O=c1oc2cc(/N=C/c3ccccc3Cl)ccc2c2ccccc12. The number of halogens is 1. The highest BCUT2D eigenvalue weighted by atomic mass is 35.5. The Labute approximate surface area is 142 Å². The van der Waals surface area contributed by atoms with E-state index in [0.717, 1.165) is 16.3 Å². The number of aliphatic imine (C=N–C) groups is 1. The lowest BCUT2D eigenvalue weighted by Gasteiger charge is -2.03. The van der Waals surface area contributed by atoms with Crippen molar-refractivity contribution in [2.45, 2.75) is 0 Å². The second kappa shape index (κ2) is 5.95. The van der Waals surface area contributed by atoms with Gasteiger partial charge in [0.2, 0.25) is 0 Å². The smallest absolute Gasteiger partial charge is 0.344 e. The summed E-state index contributed by atoms with van der Waals surface area (Å²) in [5.41, 5.74) is 1.71. The molecule has 4 heteroatoms. The minimum absolute atomic E-state index is 0.342. The molecule has 24 heavy (non-hydrogen) atoms. The number of hydrogen-bond acceptors (Lipinski definition) is 3. The van der Waals surface area contributed by atoms with Crippen LogP contribution in [0, 0.1) is 0 Å². The normalized spacial score (nSPS) is 11.5. The predicted octanol–water partition coefficient (Wildman–Crippen LogP) is 5.35. The van der Waals surface area contributed by atoms with Gasteiger partial charge in [-0.25, -0.2) is 4.79 Å². The first kappa shape index (κ1) is 14.7. The Kier molecular flexibility index (Phi) is 3.63. The van der Waals surface area contributed by atoms with Gasteiger partial charge in [-0.2, -0.15) is 0 Å². The summed E-state index contributed by atoms with van der Waals surface area (Å²) in [7, 11) is 0. The van der Waals surface area contributed by atoms with Crippen LogP contribution >= 0.6 is 11.6 Å². The van der Waals surface area contributed by atoms with Crippen LogP contribution in [0.15, 0.2) is 80.9 Å². The third kappa shape index (κ3) is 2.59. The Bertz CT molecular complexity index is 1150. The quantitative estimate of drug-likeness (QED) is 0.282. The van der Waals surface area contributed by atoms with Crippen molar-refractivity contribution in [3.05, 3.63) is 87.7 Å². The van der Waals surface area contributed by atoms with Crippen molar-refractivity contribution in [3.8, 4) is 0 Å². The lowest BCUT2D eigenvalue weighted by molar-refractivity contribution is 0.570. The first-order chi connectivity index (χ1) is 11.7.